The van der Waals surface area contributed by atoms with E-state index in [1.165, 1.54) is 6.26 Å². The van der Waals surface area contributed by atoms with Gasteiger partial charge in [0, 0.05) is 57.8 Å². The number of furan rings is 1. The Morgan fingerprint density at radius 2 is 1.82 bits per heavy atom. The zero-order chi connectivity index (χ0) is 36.4. The Morgan fingerprint density at radius 1 is 1.02 bits per heavy atom. The number of nitrogens with one attached hydrogen (secondary N) is 5. The smallest absolute Gasteiger partial charge is 0.246 e. The molecule has 5 atom stereocenters. The molecule has 1 spiro atoms. The molecule has 15 nitrogen and oxygen atoms in total. The van der Waals surface area contributed by atoms with Crippen molar-refractivity contribution < 1.29 is 37.9 Å². The Morgan fingerprint density at radius 3 is 2.59 bits per heavy atom. The minimum atomic E-state index is -0.980. The predicted molar refractivity (Wildman–Crippen MR) is 184 cm³/mol. The Kier molecular flexibility index (Phi) is 12.6. The Hall–Kier alpha value is -5.02. The molecule has 0 radical (unpaired) electrons. The lowest BCUT2D eigenvalue weighted by molar-refractivity contribution is -0.136. The van der Waals surface area contributed by atoms with Gasteiger partial charge in [0.25, 0.3) is 0 Å². The minimum Gasteiger partial charge on any atom is -0.469 e. The highest BCUT2D eigenvalue weighted by Crippen LogP contribution is 2.62. The van der Waals surface area contributed by atoms with Crippen LogP contribution in [0.5, 0.6) is 0 Å². The Bertz CT molecular complexity index is 1610. The highest BCUT2D eigenvalue weighted by Gasteiger charge is 2.69. The van der Waals surface area contributed by atoms with E-state index in [0.717, 1.165) is 12.2 Å². The van der Waals surface area contributed by atoms with Gasteiger partial charge in [0.05, 0.1) is 31.3 Å². The van der Waals surface area contributed by atoms with Crippen molar-refractivity contribution in [3.05, 3.63) is 71.7 Å². The van der Waals surface area contributed by atoms with Crippen molar-refractivity contribution in [3.8, 4) is 0 Å². The van der Waals surface area contributed by atoms with Crippen LogP contribution >= 0.6 is 0 Å². The zero-order valence-corrected chi connectivity index (χ0v) is 28.8. The summed E-state index contributed by atoms with van der Waals surface area (Å²) in [6.07, 6.45) is 4.48. The van der Waals surface area contributed by atoms with Crippen LogP contribution in [0.25, 0.3) is 0 Å². The van der Waals surface area contributed by atoms with E-state index < -0.39 is 47.0 Å². The number of benzene rings is 1. The average Bonchev–Trinajstić information content (AvgIpc) is 3.41. The van der Waals surface area contributed by atoms with E-state index in [2.05, 4.69) is 26.6 Å². The summed E-state index contributed by atoms with van der Waals surface area (Å²) in [7, 11) is 0. The topological polar surface area (TPSA) is 214 Å². The van der Waals surface area contributed by atoms with Crippen molar-refractivity contribution in [2.24, 2.45) is 23.0 Å². The van der Waals surface area contributed by atoms with E-state index in [-0.39, 0.29) is 69.8 Å². The molecule has 2 fully saturated rings. The van der Waals surface area contributed by atoms with E-state index in [1.807, 2.05) is 6.92 Å². The molecule has 3 heterocycles. The number of carbonyl (C=O) groups is 6. The number of fused-ring (bicyclic) bond motifs is 2. The van der Waals surface area contributed by atoms with Gasteiger partial charge >= 0.3 is 0 Å². The van der Waals surface area contributed by atoms with Crippen LogP contribution in [0.2, 0.25) is 0 Å². The maximum Gasteiger partial charge on any atom is 0.246 e. The molecule has 2 unspecified atom stereocenters. The fraction of sp³-hybridized carbons (Fsp3) is 0.500. The number of amides is 6. The largest absolute Gasteiger partial charge is 0.469 e. The van der Waals surface area contributed by atoms with Gasteiger partial charge in [0.1, 0.15) is 17.8 Å². The normalized spacial score (nSPS) is 26.9. The lowest BCUT2D eigenvalue weighted by Gasteiger charge is -2.32. The second-order valence-corrected chi connectivity index (χ2v) is 13.2. The van der Waals surface area contributed by atoms with Crippen molar-refractivity contribution in [3.63, 3.8) is 0 Å². The quantitative estimate of drug-likeness (QED) is 0.191. The summed E-state index contributed by atoms with van der Waals surface area (Å²) in [5.41, 5.74) is 5.89. The molecular formula is C36H47N7O8. The molecule has 3 aliphatic rings. The fourth-order valence-electron chi connectivity index (χ4n) is 7.05. The first-order chi connectivity index (χ1) is 24.6. The van der Waals surface area contributed by atoms with E-state index >= 15 is 0 Å². The van der Waals surface area contributed by atoms with Crippen molar-refractivity contribution in [1.82, 2.24) is 31.5 Å². The van der Waals surface area contributed by atoms with Gasteiger partial charge < -0.3 is 46.4 Å². The van der Waals surface area contributed by atoms with Gasteiger partial charge in [-0.25, -0.2) is 0 Å². The Balaban J connectivity index is 1.37. The lowest BCUT2D eigenvalue weighted by Crippen LogP contribution is -2.53. The summed E-state index contributed by atoms with van der Waals surface area (Å²) in [4.78, 5) is 81.5. The van der Waals surface area contributed by atoms with Gasteiger partial charge in [-0.2, -0.15) is 0 Å². The SMILES string of the molecule is CC1C2CCN3C[C@]12C(=O)N[C@@H](Cc1ccco1)C(=O)NCc1ccccc1CC(=O)N[C@H](C(=O)NCCOCCN)CCNC(=O)/C=C/C3=O. The summed E-state index contributed by atoms with van der Waals surface area (Å²) >= 11 is 0. The number of carbonyl (C=O) groups excluding carboxylic acids is 6. The molecule has 6 amide bonds. The minimum absolute atomic E-state index is 0.0120. The van der Waals surface area contributed by atoms with Gasteiger partial charge in [-0.3, -0.25) is 28.8 Å². The third-order valence-electron chi connectivity index (χ3n) is 9.96. The second-order valence-electron chi connectivity index (χ2n) is 13.2. The van der Waals surface area contributed by atoms with Crippen molar-refractivity contribution in [2.75, 3.05) is 45.9 Å². The molecule has 7 N–H and O–H groups in total. The number of rotatable bonds is 8. The van der Waals surface area contributed by atoms with E-state index in [9.17, 15) is 28.8 Å². The maximum atomic E-state index is 14.0. The van der Waals surface area contributed by atoms with E-state index in [1.54, 1.807) is 41.3 Å². The molecule has 2 aromatic rings. The standard InChI is InChI=1S/C36H47N7O8/c1-23-27-11-15-43-22-36(23,27)35(49)42-29(20-26-7-4-16-51-26)34(48)40-21-25-6-3-2-5-24(25)19-31(45)41-28(33(47)39-14-18-50-17-12-37)10-13-38-30(44)8-9-32(43)46/h2-9,16,23,27-29H,10-15,17-22,37H2,1H3,(H,38,44)(H,39,47)(H,40,48)(H,41,45)(H,42,49)/b9-8+/t23?,27?,28-,29-,36-/m0/s1. The van der Waals surface area contributed by atoms with Crippen LogP contribution in [0.1, 0.15) is 36.7 Å². The van der Waals surface area contributed by atoms with Gasteiger partial charge in [-0.1, -0.05) is 31.2 Å². The molecule has 15 heteroatoms. The van der Waals surface area contributed by atoms with Gasteiger partial charge in [-0.05, 0) is 47.9 Å². The first kappa shape index (κ1) is 37.2. The van der Waals surface area contributed by atoms with Gasteiger partial charge in [-0.15, -0.1) is 0 Å². The summed E-state index contributed by atoms with van der Waals surface area (Å²) in [6, 6.07) is 8.59. The fourth-order valence-corrected chi connectivity index (χ4v) is 7.05. The summed E-state index contributed by atoms with van der Waals surface area (Å²) in [5.74, 6) is -2.06. The van der Waals surface area contributed by atoms with Crippen LogP contribution < -0.4 is 32.3 Å². The van der Waals surface area contributed by atoms with Gasteiger partial charge in [0.15, 0.2) is 0 Å². The van der Waals surface area contributed by atoms with Crippen LogP contribution in [-0.2, 0) is 52.9 Å². The highest BCUT2D eigenvalue weighted by molar-refractivity contribution is 5.98. The van der Waals surface area contributed by atoms with Crippen LogP contribution in [0.4, 0.5) is 0 Å². The van der Waals surface area contributed by atoms with Crippen molar-refractivity contribution >= 4 is 35.4 Å². The summed E-state index contributed by atoms with van der Waals surface area (Å²) in [6.45, 7) is 3.80. The third kappa shape index (κ3) is 9.41. The summed E-state index contributed by atoms with van der Waals surface area (Å²) in [5, 5.41) is 14.0. The van der Waals surface area contributed by atoms with E-state index in [0.29, 0.717) is 43.0 Å². The molecule has 2 bridgehead atoms. The lowest BCUT2D eigenvalue weighted by atomic mass is 9.94. The molecule has 2 aliphatic heterocycles. The molecule has 51 heavy (non-hydrogen) atoms. The van der Waals surface area contributed by atoms with Crippen LogP contribution in [-0.4, -0.2) is 98.4 Å². The molecule has 274 valence electrons. The maximum absolute atomic E-state index is 14.0. The number of nitrogens with zero attached hydrogens (tertiary/aromatic N) is 1. The van der Waals surface area contributed by atoms with E-state index in [4.69, 9.17) is 14.9 Å². The Labute approximate surface area is 296 Å². The zero-order valence-electron chi connectivity index (χ0n) is 28.8. The molecule has 1 aliphatic carbocycles. The number of nitrogens with two attached hydrogens (primary N) is 1. The first-order valence-electron chi connectivity index (χ1n) is 17.4. The molecule has 5 rings (SSSR count). The highest BCUT2D eigenvalue weighted by atomic mass is 16.5. The average molecular weight is 706 g/mol. The molecular weight excluding hydrogens is 658 g/mol. The van der Waals surface area contributed by atoms with Gasteiger partial charge in [0.2, 0.25) is 35.4 Å². The summed E-state index contributed by atoms with van der Waals surface area (Å²) < 4.78 is 10.8. The molecule has 1 saturated heterocycles. The number of piperidine rings is 1. The molecule has 1 aromatic carbocycles. The second kappa shape index (κ2) is 17.3. The van der Waals surface area contributed by atoms with Crippen LogP contribution in [0.15, 0.2) is 59.2 Å². The van der Waals surface area contributed by atoms with Crippen LogP contribution in [0, 0.1) is 17.3 Å². The molecule has 1 saturated carbocycles. The molecule has 1 aromatic heterocycles. The van der Waals surface area contributed by atoms with Crippen molar-refractivity contribution in [1.29, 1.82) is 0 Å². The number of hydrogen-bond acceptors (Lipinski definition) is 9. The number of ether oxygens (including phenoxy) is 1. The monoisotopic (exact) mass is 705 g/mol. The predicted octanol–water partition coefficient (Wildman–Crippen LogP) is -0.697. The van der Waals surface area contributed by atoms with Crippen LogP contribution in [0.3, 0.4) is 0 Å². The number of hydrogen-bond donors (Lipinski definition) is 6. The first-order valence-corrected chi connectivity index (χ1v) is 17.4. The third-order valence-corrected chi connectivity index (χ3v) is 9.96. The van der Waals surface area contributed by atoms with Crippen molar-refractivity contribution in [2.45, 2.75) is 51.2 Å².